The summed E-state index contributed by atoms with van der Waals surface area (Å²) in [6, 6.07) is 35.0. The van der Waals surface area contributed by atoms with E-state index in [-0.39, 0.29) is 11.5 Å². The monoisotopic (exact) mass is 388 g/mol. The first kappa shape index (κ1) is 18.2. The maximum absolute atomic E-state index is 12.8. The Hall–Kier alpha value is -3.13. The van der Waals surface area contributed by atoms with Crippen molar-refractivity contribution in [2.45, 2.75) is 0 Å². The van der Waals surface area contributed by atoms with E-state index in [1.54, 1.807) is 24.3 Å². The van der Waals surface area contributed by atoms with Gasteiger partial charge in [0.15, 0.2) is 0 Å². The fourth-order valence-electron chi connectivity index (χ4n) is 3.44. The first-order valence-corrected chi connectivity index (χ1v) is 11.1. The topological polar surface area (TPSA) is 49.7 Å². The quantitative estimate of drug-likeness (QED) is 0.506. The SMILES string of the molecule is Oc1ccccc1OP(O)(c1ccccc1)(c1ccccc1)c1ccccc1. The van der Waals surface area contributed by atoms with E-state index < -0.39 is 7.06 Å². The molecule has 0 aliphatic heterocycles. The van der Waals surface area contributed by atoms with Crippen LogP contribution in [0.4, 0.5) is 0 Å². The van der Waals surface area contributed by atoms with Crippen molar-refractivity contribution in [2.75, 3.05) is 0 Å². The number of benzene rings is 4. The van der Waals surface area contributed by atoms with Crippen LogP contribution < -0.4 is 20.4 Å². The number of para-hydroxylation sites is 2. The molecule has 0 saturated heterocycles. The van der Waals surface area contributed by atoms with E-state index in [1.165, 1.54) is 0 Å². The molecule has 0 heterocycles. The van der Waals surface area contributed by atoms with Crippen LogP contribution in [0.3, 0.4) is 0 Å². The maximum atomic E-state index is 12.8. The van der Waals surface area contributed by atoms with Crippen molar-refractivity contribution in [3.05, 3.63) is 115 Å². The Morgan fingerprint density at radius 1 is 0.500 bits per heavy atom. The minimum absolute atomic E-state index is 0.0201. The van der Waals surface area contributed by atoms with Crippen LogP contribution in [0, 0.1) is 0 Å². The molecule has 0 unspecified atom stereocenters. The van der Waals surface area contributed by atoms with Gasteiger partial charge in [0.1, 0.15) is 0 Å². The van der Waals surface area contributed by atoms with Gasteiger partial charge in [-0.1, -0.05) is 0 Å². The van der Waals surface area contributed by atoms with Crippen molar-refractivity contribution < 1.29 is 14.5 Å². The zero-order valence-corrected chi connectivity index (χ0v) is 16.1. The van der Waals surface area contributed by atoms with Gasteiger partial charge < -0.3 is 0 Å². The van der Waals surface area contributed by atoms with Gasteiger partial charge in [-0.3, -0.25) is 0 Å². The summed E-state index contributed by atoms with van der Waals surface area (Å²) in [5.41, 5.74) is 0. The van der Waals surface area contributed by atoms with Gasteiger partial charge in [-0.25, -0.2) is 0 Å². The van der Waals surface area contributed by atoms with Crippen LogP contribution in [0.15, 0.2) is 115 Å². The third kappa shape index (κ3) is 2.86. The van der Waals surface area contributed by atoms with Crippen LogP contribution in [-0.2, 0) is 0 Å². The van der Waals surface area contributed by atoms with Gasteiger partial charge in [0.2, 0.25) is 0 Å². The molecule has 0 aromatic heterocycles. The molecule has 0 fully saturated rings. The number of aromatic hydroxyl groups is 1. The second-order valence-corrected chi connectivity index (χ2v) is 10.3. The Balaban J connectivity index is 2.11. The predicted molar refractivity (Wildman–Crippen MR) is 116 cm³/mol. The third-order valence-corrected chi connectivity index (χ3v) is 9.17. The van der Waals surface area contributed by atoms with Crippen molar-refractivity contribution in [3.8, 4) is 11.5 Å². The van der Waals surface area contributed by atoms with E-state index >= 15 is 0 Å². The summed E-state index contributed by atoms with van der Waals surface area (Å²) < 4.78 is 6.51. The molecule has 140 valence electrons. The average molecular weight is 388 g/mol. The Morgan fingerprint density at radius 3 is 1.25 bits per heavy atom. The minimum atomic E-state index is -4.37. The summed E-state index contributed by atoms with van der Waals surface area (Å²) in [6.45, 7) is 0. The molecule has 0 saturated carbocycles. The van der Waals surface area contributed by atoms with Crippen LogP contribution in [-0.4, -0.2) is 10.00 Å². The van der Waals surface area contributed by atoms with Gasteiger partial charge >= 0.3 is 164 Å². The van der Waals surface area contributed by atoms with Gasteiger partial charge in [0.25, 0.3) is 0 Å². The zero-order chi connectivity index (χ0) is 19.5. The van der Waals surface area contributed by atoms with E-state index in [1.807, 2.05) is 91.0 Å². The molecule has 0 amide bonds. The van der Waals surface area contributed by atoms with Crippen molar-refractivity contribution in [1.29, 1.82) is 0 Å². The number of phenols is 1. The van der Waals surface area contributed by atoms with Crippen molar-refractivity contribution in [2.24, 2.45) is 0 Å². The molecule has 3 nitrogen and oxygen atoms in total. The summed E-state index contributed by atoms with van der Waals surface area (Å²) in [6.07, 6.45) is 0. The zero-order valence-electron chi connectivity index (χ0n) is 15.2. The molecule has 0 spiro atoms. The Morgan fingerprint density at radius 2 is 0.857 bits per heavy atom. The van der Waals surface area contributed by atoms with Crippen LogP contribution in [0.2, 0.25) is 0 Å². The first-order valence-electron chi connectivity index (χ1n) is 9.04. The molecule has 4 aromatic rings. The fourth-order valence-corrected chi connectivity index (χ4v) is 7.37. The van der Waals surface area contributed by atoms with Gasteiger partial charge in [-0.05, 0) is 0 Å². The normalized spacial score (nSPS) is 12.7. The summed E-state index contributed by atoms with van der Waals surface area (Å²) in [7, 11) is -4.37. The molecule has 2 N–H and O–H groups in total. The summed E-state index contributed by atoms with van der Waals surface area (Å²) in [5, 5.41) is 12.4. The molecule has 4 heteroatoms. The standard InChI is InChI=1S/C24H21O3P/c25-23-18-10-11-19-24(23)27-28(26,20-12-4-1-5-13-20,21-14-6-2-7-15-21)22-16-8-3-9-17-22/h1-19,25-26H. The number of phenolic OH excluding ortho intramolecular Hbond substituents is 1. The second-order valence-electron chi connectivity index (χ2n) is 6.56. The van der Waals surface area contributed by atoms with Crippen molar-refractivity contribution in [1.82, 2.24) is 0 Å². The van der Waals surface area contributed by atoms with E-state index in [0.717, 1.165) is 0 Å². The molecule has 0 bridgehead atoms. The van der Waals surface area contributed by atoms with E-state index in [2.05, 4.69) is 0 Å². The van der Waals surface area contributed by atoms with Gasteiger partial charge in [0.05, 0.1) is 0 Å². The van der Waals surface area contributed by atoms with Gasteiger partial charge in [-0.2, -0.15) is 0 Å². The molecule has 0 atom stereocenters. The number of hydrogen-bond acceptors (Lipinski definition) is 3. The average Bonchev–Trinajstić information content (AvgIpc) is 2.77. The fraction of sp³-hybridized carbons (Fsp3) is 0. The second kappa shape index (κ2) is 7.12. The molecule has 0 aliphatic carbocycles. The Kier molecular flexibility index (Phi) is 4.64. The van der Waals surface area contributed by atoms with Crippen LogP contribution in [0.5, 0.6) is 11.5 Å². The molecule has 4 aromatic carbocycles. The molecule has 28 heavy (non-hydrogen) atoms. The molecule has 0 radical (unpaired) electrons. The summed E-state index contributed by atoms with van der Waals surface area (Å²) in [4.78, 5) is 12.8. The van der Waals surface area contributed by atoms with Crippen molar-refractivity contribution in [3.63, 3.8) is 0 Å². The molecular weight excluding hydrogens is 367 g/mol. The van der Waals surface area contributed by atoms with Gasteiger partial charge in [0, 0.05) is 0 Å². The van der Waals surface area contributed by atoms with Crippen LogP contribution in [0.1, 0.15) is 0 Å². The number of rotatable bonds is 5. The number of hydrogen-bond donors (Lipinski definition) is 2. The predicted octanol–water partition coefficient (Wildman–Crippen LogP) is 4.12. The molecule has 4 rings (SSSR count). The van der Waals surface area contributed by atoms with E-state index in [4.69, 9.17) is 4.52 Å². The summed E-state index contributed by atoms with van der Waals surface area (Å²) >= 11 is 0. The molecular formula is C24H21O3P. The van der Waals surface area contributed by atoms with Crippen molar-refractivity contribution >= 4 is 23.0 Å². The third-order valence-electron chi connectivity index (χ3n) is 4.85. The van der Waals surface area contributed by atoms with Gasteiger partial charge in [-0.15, -0.1) is 0 Å². The van der Waals surface area contributed by atoms with Crippen LogP contribution >= 0.6 is 7.06 Å². The molecule has 0 aliphatic rings. The Bertz CT molecular complexity index is 967. The van der Waals surface area contributed by atoms with Crippen LogP contribution in [0.25, 0.3) is 0 Å². The van der Waals surface area contributed by atoms with E-state index in [9.17, 15) is 10.00 Å². The Labute approximate surface area is 164 Å². The summed E-state index contributed by atoms with van der Waals surface area (Å²) in [5.74, 6) is 0.215. The first-order chi connectivity index (χ1) is 13.6. The van der Waals surface area contributed by atoms with E-state index in [0.29, 0.717) is 15.9 Å².